The maximum atomic E-state index is 12.6. The molecule has 0 saturated carbocycles. The molecule has 0 spiro atoms. The second-order valence-electron chi connectivity index (χ2n) is 16.4. The molecule has 0 heterocycles. The van der Waals surface area contributed by atoms with E-state index in [9.17, 15) is 14.4 Å². The summed E-state index contributed by atoms with van der Waals surface area (Å²) in [7, 11) is 0. The van der Waals surface area contributed by atoms with E-state index in [1.54, 1.807) is 0 Å². The zero-order valence-electron chi connectivity index (χ0n) is 39.7. The SMILES string of the molecule is CC/C=C\C/C=C\C/C=C\C/C=C\C/C=C\C/C=C\C/C=C\CCCCCCCC(=O)OCC(COC(=O)CCCCCCCCCC)OC(=O)CCCCCCCCCC. The summed E-state index contributed by atoms with van der Waals surface area (Å²) in [4.78, 5) is 37.6. The third-order valence-corrected chi connectivity index (χ3v) is 10.4. The lowest BCUT2D eigenvalue weighted by atomic mass is 10.1. The molecule has 0 aromatic heterocycles. The monoisotopic (exact) mass is 849 g/mol. The molecule has 1 unspecified atom stereocenters. The predicted molar refractivity (Wildman–Crippen MR) is 261 cm³/mol. The Morgan fingerprint density at radius 1 is 0.344 bits per heavy atom. The van der Waals surface area contributed by atoms with Gasteiger partial charge in [-0.25, -0.2) is 0 Å². The lowest BCUT2D eigenvalue weighted by molar-refractivity contribution is -0.167. The molecule has 0 radical (unpaired) electrons. The smallest absolute Gasteiger partial charge is 0.306 e. The third-order valence-electron chi connectivity index (χ3n) is 10.4. The van der Waals surface area contributed by atoms with E-state index in [0.29, 0.717) is 19.3 Å². The highest BCUT2D eigenvalue weighted by molar-refractivity contribution is 5.71. The Balaban J connectivity index is 4.18. The van der Waals surface area contributed by atoms with Crippen LogP contribution in [-0.2, 0) is 28.6 Å². The Morgan fingerprint density at radius 2 is 0.639 bits per heavy atom. The van der Waals surface area contributed by atoms with Crippen LogP contribution in [0.25, 0.3) is 0 Å². The number of carbonyl (C=O) groups is 3. The Bertz CT molecular complexity index is 1200. The van der Waals surface area contributed by atoms with Gasteiger partial charge in [0.1, 0.15) is 13.2 Å². The molecular weight excluding hydrogens is 757 g/mol. The fraction of sp³-hybridized carbons (Fsp3) is 0.691. The molecule has 0 amide bonds. The van der Waals surface area contributed by atoms with E-state index in [-0.39, 0.29) is 31.1 Å². The van der Waals surface area contributed by atoms with Crippen molar-refractivity contribution in [2.24, 2.45) is 0 Å². The molecule has 0 fully saturated rings. The normalized spacial score (nSPS) is 12.8. The number of ether oxygens (including phenoxy) is 3. The summed E-state index contributed by atoms with van der Waals surface area (Å²) < 4.78 is 16.6. The second-order valence-corrected chi connectivity index (χ2v) is 16.4. The van der Waals surface area contributed by atoms with Gasteiger partial charge < -0.3 is 14.2 Å². The van der Waals surface area contributed by atoms with Crippen molar-refractivity contribution < 1.29 is 28.6 Å². The summed E-state index contributed by atoms with van der Waals surface area (Å²) >= 11 is 0. The fourth-order valence-corrected chi connectivity index (χ4v) is 6.66. The quantitative estimate of drug-likeness (QED) is 0.0263. The van der Waals surface area contributed by atoms with Gasteiger partial charge >= 0.3 is 17.9 Å². The largest absolute Gasteiger partial charge is 0.462 e. The number of rotatable bonds is 44. The molecule has 0 aromatic carbocycles. The number of hydrogen-bond acceptors (Lipinski definition) is 6. The summed E-state index contributed by atoms with van der Waals surface area (Å²) in [6.07, 6.45) is 63.1. The van der Waals surface area contributed by atoms with E-state index in [4.69, 9.17) is 14.2 Å². The van der Waals surface area contributed by atoms with Crippen molar-refractivity contribution >= 4 is 17.9 Å². The highest BCUT2D eigenvalue weighted by Crippen LogP contribution is 2.13. The maximum Gasteiger partial charge on any atom is 0.306 e. The number of hydrogen-bond donors (Lipinski definition) is 0. The van der Waals surface area contributed by atoms with Gasteiger partial charge in [-0.3, -0.25) is 14.4 Å². The average molecular weight is 849 g/mol. The highest BCUT2D eigenvalue weighted by atomic mass is 16.6. The fourth-order valence-electron chi connectivity index (χ4n) is 6.66. The standard InChI is InChI=1S/C55H92O6/c1-4-7-10-13-16-19-20-21-22-23-24-25-26-27-28-29-30-31-32-33-34-35-36-37-40-42-45-48-54(57)60-51-52(61-55(58)49-46-43-39-18-15-12-9-6-3)50-59-53(56)47-44-41-38-17-14-11-8-5-2/h7,10,16,19,21-22,24-25,27-28,30-31,33-34,52H,4-6,8-9,11-15,17-18,20,23,26,29,32,35-51H2,1-3H3/b10-7-,19-16-,22-21-,25-24-,28-27-,31-30-,34-33-. The van der Waals surface area contributed by atoms with Gasteiger partial charge in [0.05, 0.1) is 0 Å². The molecule has 0 aliphatic heterocycles. The van der Waals surface area contributed by atoms with Crippen LogP contribution < -0.4 is 0 Å². The first kappa shape index (κ1) is 57.6. The van der Waals surface area contributed by atoms with Crippen LogP contribution >= 0.6 is 0 Å². The number of unbranched alkanes of at least 4 members (excludes halogenated alkanes) is 19. The van der Waals surface area contributed by atoms with Gasteiger partial charge in [0, 0.05) is 19.3 Å². The molecule has 0 aliphatic rings. The molecule has 6 heteroatoms. The van der Waals surface area contributed by atoms with Crippen molar-refractivity contribution in [2.45, 2.75) is 232 Å². The van der Waals surface area contributed by atoms with Crippen LogP contribution in [-0.4, -0.2) is 37.2 Å². The van der Waals surface area contributed by atoms with Crippen LogP contribution in [0.15, 0.2) is 85.1 Å². The molecule has 348 valence electrons. The molecule has 0 aliphatic carbocycles. The van der Waals surface area contributed by atoms with Crippen molar-refractivity contribution in [3.63, 3.8) is 0 Å². The molecule has 1 atom stereocenters. The molecule has 0 bridgehead atoms. The van der Waals surface area contributed by atoms with Crippen LogP contribution in [0, 0.1) is 0 Å². The van der Waals surface area contributed by atoms with Crippen LogP contribution in [0.4, 0.5) is 0 Å². The maximum absolute atomic E-state index is 12.6. The Kier molecular flexibility index (Phi) is 46.5. The van der Waals surface area contributed by atoms with Crippen molar-refractivity contribution in [1.29, 1.82) is 0 Å². The first-order chi connectivity index (χ1) is 30.0. The van der Waals surface area contributed by atoms with Crippen molar-refractivity contribution in [2.75, 3.05) is 13.2 Å². The van der Waals surface area contributed by atoms with Crippen LogP contribution in [0.1, 0.15) is 226 Å². The molecule has 0 N–H and O–H groups in total. The average Bonchev–Trinajstić information content (AvgIpc) is 3.26. The number of carbonyl (C=O) groups excluding carboxylic acids is 3. The third kappa shape index (κ3) is 47.5. The first-order valence-corrected chi connectivity index (χ1v) is 25.1. The van der Waals surface area contributed by atoms with E-state index >= 15 is 0 Å². The Hall–Kier alpha value is -3.41. The minimum atomic E-state index is -0.777. The summed E-state index contributed by atoms with van der Waals surface area (Å²) in [5, 5.41) is 0. The Labute approximate surface area is 375 Å². The van der Waals surface area contributed by atoms with Gasteiger partial charge in [-0.15, -0.1) is 0 Å². The van der Waals surface area contributed by atoms with Crippen molar-refractivity contribution in [1.82, 2.24) is 0 Å². The van der Waals surface area contributed by atoms with Gasteiger partial charge in [-0.05, 0) is 77.0 Å². The van der Waals surface area contributed by atoms with Crippen molar-refractivity contribution in [3.05, 3.63) is 85.1 Å². The molecule has 61 heavy (non-hydrogen) atoms. The van der Waals surface area contributed by atoms with Crippen LogP contribution in [0.2, 0.25) is 0 Å². The Morgan fingerprint density at radius 3 is 1.00 bits per heavy atom. The molecule has 0 rings (SSSR count). The topological polar surface area (TPSA) is 78.9 Å². The first-order valence-electron chi connectivity index (χ1n) is 25.1. The van der Waals surface area contributed by atoms with Gasteiger partial charge in [-0.2, -0.15) is 0 Å². The van der Waals surface area contributed by atoms with E-state index in [1.807, 2.05) is 0 Å². The van der Waals surface area contributed by atoms with Crippen LogP contribution in [0.5, 0.6) is 0 Å². The van der Waals surface area contributed by atoms with Crippen molar-refractivity contribution in [3.8, 4) is 0 Å². The van der Waals surface area contributed by atoms with Gasteiger partial charge in [0.15, 0.2) is 6.10 Å². The predicted octanol–water partition coefficient (Wildman–Crippen LogP) is 16.4. The highest BCUT2D eigenvalue weighted by Gasteiger charge is 2.19. The second kappa shape index (κ2) is 49.2. The number of esters is 3. The molecular formula is C55H92O6. The zero-order valence-corrected chi connectivity index (χ0v) is 39.7. The van der Waals surface area contributed by atoms with E-state index in [0.717, 1.165) is 122 Å². The molecule has 0 saturated heterocycles. The minimum Gasteiger partial charge on any atom is -0.462 e. The lowest BCUT2D eigenvalue weighted by Gasteiger charge is -2.18. The summed E-state index contributed by atoms with van der Waals surface area (Å²) in [6.45, 7) is 6.43. The van der Waals surface area contributed by atoms with E-state index < -0.39 is 6.10 Å². The summed E-state index contributed by atoms with van der Waals surface area (Å²) in [5.41, 5.74) is 0. The van der Waals surface area contributed by atoms with Gasteiger partial charge in [-0.1, -0.05) is 215 Å². The van der Waals surface area contributed by atoms with Gasteiger partial charge in [0.25, 0.3) is 0 Å². The molecule has 6 nitrogen and oxygen atoms in total. The minimum absolute atomic E-state index is 0.0812. The summed E-state index contributed by atoms with van der Waals surface area (Å²) in [5.74, 6) is -0.914. The molecule has 0 aromatic rings. The zero-order chi connectivity index (χ0) is 44.4. The van der Waals surface area contributed by atoms with E-state index in [2.05, 4.69) is 106 Å². The van der Waals surface area contributed by atoms with Gasteiger partial charge in [0.2, 0.25) is 0 Å². The number of allylic oxidation sites excluding steroid dienone is 14. The van der Waals surface area contributed by atoms with E-state index in [1.165, 1.54) is 64.2 Å². The van der Waals surface area contributed by atoms with Crippen LogP contribution in [0.3, 0.4) is 0 Å². The lowest BCUT2D eigenvalue weighted by Crippen LogP contribution is -2.30. The summed E-state index contributed by atoms with van der Waals surface area (Å²) in [6, 6.07) is 0.